The standard InChI is InChI=1S/C17H16FN3O5S/c18-11-3-1-10(2-4-11)9-19-14(23)12-13(22)15(24)21-7-8-27(25,26)17(5-6-17)16(21)20-12/h1-4,22H,5-9H2,(H,19,23). The average Bonchev–Trinajstić information content (AvgIpc) is 3.43. The summed E-state index contributed by atoms with van der Waals surface area (Å²) in [5, 5.41) is 12.6. The highest BCUT2D eigenvalue weighted by atomic mass is 32.2. The zero-order chi connectivity index (χ0) is 19.4. The van der Waals surface area contributed by atoms with Gasteiger partial charge in [0.15, 0.2) is 15.5 Å². The molecular weight excluding hydrogens is 377 g/mol. The minimum Gasteiger partial charge on any atom is -0.501 e. The molecule has 1 saturated carbocycles. The van der Waals surface area contributed by atoms with Crippen LogP contribution in [0.3, 0.4) is 0 Å². The Bertz CT molecular complexity index is 1100. The van der Waals surface area contributed by atoms with Crippen molar-refractivity contribution in [1.82, 2.24) is 14.9 Å². The normalized spacial score (nSPS) is 18.7. The maximum atomic E-state index is 12.9. The summed E-state index contributed by atoms with van der Waals surface area (Å²) < 4.78 is 37.6. The lowest BCUT2D eigenvalue weighted by molar-refractivity contribution is 0.0941. The monoisotopic (exact) mass is 393 g/mol. The second-order valence-corrected chi connectivity index (χ2v) is 9.13. The molecule has 1 aromatic heterocycles. The number of hydrogen-bond donors (Lipinski definition) is 2. The van der Waals surface area contributed by atoms with Crippen LogP contribution >= 0.6 is 0 Å². The molecule has 0 unspecified atom stereocenters. The Balaban J connectivity index is 1.68. The summed E-state index contributed by atoms with van der Waals surface area (Å²) >= 11 is 0. The fourth-order valence-corrected chi connectivity index (χ4v) is 5.29. The van der Waals surface area contributed by atoms with Crippen LogP contribution in [-0.4, -0.2) is 34.7 Å². The van der Waals surface area contributed by atoms with Crippen LogP contribution in [0.4, 0.5) is 4.39 Å². The fraction of sp³-hybridized carbons (Fsp3) is 0.353. The van der Waals surface area contributed by atoms with Crippen LogP contribution in [0.25, 0.3) is 0 Å². The summed E-state index contributed by atoms with van der Waals surface area (Å²) in [6.07, 6.45) is 0.673. The Kier molecular flexibility index (Phi) is 3.84. The summed E-state index contributed by atoms with van der Waals surface area (Å²) in [6, 6.07) is 5.45. The second kappa shape index (κ2) is 5.88. The zero-order valence-corrected chi connectivity index (χ0v) is 14.9. The first-order chi connectivity index (χ1) is 12.7. The van der Waals surface area contributed by atoms with Gasteiger partial charge in [-0.2, -0.15) is 0 Å². The van der Waals surface area contributed by atoms with Gasteiger partial charge in [-0.3, -0.25) is 14.2 Å². The summed E-state index contributed by atoms with van der Waals surface area (Å²) in [5.41, 5.74) is -0.718. The van der Waals surface area contributed by atoms with Crippen LogP contribution in [0, 0.1) is 5.82 Å². The van der Waals surface area contributed by atoms with E-state index in [0.717, 1.165) is 4.57 Å². The third-order valence-electron chi connectivity index (χ3n) is 5.02. The number of amides is 1. The molecule has 1 aliphatic carbocycles. The van der Waals surface area contributed by atoms with Gasteiger partial charge in [0.2, 0.25) is 5.75 Å². The van der Waals surface area contributed by atoms with Crippen molar-refractivity contribution >= 4 is 15.7 Å². The average molecular weight is 393 g/mol. The molecule has 4 rings (SSSR count). The lowest BCUT2D eigenvalue weighted by Gasteiger charge is -2.26. The van der Waals surface area contributed by atoms with Gasteiger partial charge in [0, 0.05) is 13.1 Å². The Morgan fingerprint density at radius 1 is 1.30 bits per heavy atom. The molecule has 1 amide bonds. The first-order valence-corrected chi connectivity index (χ1v) is 10.00. The lowest BCUT2D eigenvalue weighted by Crippen LogP contribution is -2.42. The summed E-state index contributed by atoms with van der Waals surface area (Å²) in [7, 11) is -3.47. The number of aromatic nitrogens is 2. The quantitative estimate of drug-likeness (QED) is 0.781. The van der Waals surface area contributed by atoms with Crippen molar-refractivity contribution in [2.45, 2.75) is 30.7 Å². The van der Waals surface area contributed by atoms with Crippen molar-refractivity contribution in [2.24, 2.45) is 0 Å². The molecule has 0 atom stereocenters. The Morgan fingerprint density at radius 2 is 1.96 bits per heavy atom. The van der Waals surface area contributed by atoms with Gasteiger partial charge in [-0.1, -0.05) is 12.1 Å². The first kappa shape index (κ1) is 17.7. The van der Waals surface area contributed by atoms with E-state index in [-0.39, 0.29) is 24.7 Å². The minimum absolute atomic E-state index is 0.0171. The second-order valence-electron chi connectivity index (χ2n) is 6.71. The SMILES string of the molecule is O=C(NCc1ccc(F)cc1)c1nc2n(c(=O)c1O)CCS(=O)(=O)C21CC1. The predicted octanol–water partition coefficient (Wildman–Crippen LogP) is 0.436. The summed E-state index contributed by atoms with van der Waals surface area (Å²) in [5.74, 6) is -2.22. The van der Waals surface area contributed by atoms with E-state index >= 15 is 0 Å². The van der Waals surface area contributed by atoms with Crippen molar-refractivity contribution in [3.05, 3.63) is 57.5 Å². The van der Waals surface area contributed by atoms with E-state index in [9.17, 15) is 27.5 Å². The molecule has 2 aliphatic rings. The summed E-state index contributed by atoms with van der Waals surface area (Å²) in [4.78, 5) is 28.9. The Hall–Kier alpha value is -2.75. The van der Waals surface area contributed by atoms with Crippen LogP contribution in [0.2, 0.25) is 0 Å². The van der Waals surface area contributed by atoms with Crippen molar-refractivity contribution < 1.29 is 22.7 Å². The molecule has 2 N–H and O–H groups in total. The number of nitrogens with one attached hydrogen (secondary N) is 1. The molecule has 0 radical (unpaired) electrons. The van der Waals surface area contributed by atoms with E-state index in [4.69, 9.17) is 0 Å². The maximum Gasteiger partial charge on any atom is 0.296 e. The Morgan fingerprint density at radius 3 is 2.59 bits per heavy atom. The smallest absolute Gasteiger partial charge is 0.296 e. The minimum atomic E-state index is -3.47. The van der Waals surface area contributed by atoms with Crippen LogP contribution in [-0.2, 0) is 27.7 Å². The molecule has 10 heteroatoms. The van der Waals surface area contributed by atoms with Gasteiger partial charge in [-0.15, -0.1) is 0 Å². The molecule has 2 heterocycles. The zero-order valence-electron chi connectivity index (χ0n) is 14.1. The van der Waals surface area contributed by atoms with E-state index in [1.54, 1.807) is 0 Å². The number of rotatable bonds is 3. The molecule has 1 aliphatic heterocycles. The molecule has 27 heavy (non-hydrogen) atoms. The van der Waals surface area contributed by atoms with Crippen molar-refractivity contribution in [1.29, 1.82) is 0 Å². The van der Waals surface area contributed by atoms with Crippen LogP contribution < -0.4 is 10.9 Å². The summed E-state index contributed by atoms with van der Waals surface area (Å²) in [6.45, 7) is -0.0711. The number of nitrogens with zero attached hydrogens (tertiary/aromatic N) is 2. The first-order valence-electron chi connectivity index (χ1n) is 8.34. The third-order valence-corrected chi connectivity index (χ3v) is 7.52. The van der Waals surface area contributed by atoms with E-state index in [1.165, 1.54) is 24.3 Å². The van der Waals surface area contributed by atoms with E-state index in [0.29, 0.717) is 18.4 Å². The van der Waals surface area contributed by atoms with Gasteiger partial charge < -0.3 is 10.4 Å². The predicted molar refractivity (Wildman–Crippen MR) is 92.4 cm³/mol. The highest BCUT2D eigenvalue weighted by molar-refractivity contribution is 7.92. The number of carbonyl (C=O) groups is 1. The molecule has 0 bridgehead atoms. The van der Waals surface area contributed by atoms with Crippen LogP contribution in [0.1, 0.15) is 34.7 Å². The van der Waals surface area contributed by atoms with Gasteiger partial charge in [-0.25, -0.2) is 17.8 Å². The van der Waals surface area contributed by atoms with Crippen molar-refractivity contribution in [3.8, 4) is 5.75 Å². The fourth-order valence-electron chi connectivity index (χ4n) is 3.32. The number of aromatic hydroxyl groups is 1. The largest absolute Gasteiger partial charge is 0.501 e. The van der Waals surface area contributed by atoms with Crippen LogP contribution in [0.5, 0.6) is 5.75 Å². The molecule has 1 fully saturated rings. The van der Waals surface area contributed by atoms with Gasteiger partial charge >= 0.3 is 0 Å². The van der Waals surface area contributed by atoms with Gasteiger partial charge in [0.25, 0.3) is 11.5 Å². The van der Waals surface area contributed by atoms with Gasteiger partial charge in [0.05, 0.1) is 5.75 Å². The van der Waals surface area contributed by atoms with Gasteiger partial charge in [-0.05, 0) is 30.5 Å². The molecule has 2 aromatic rings. The molecule has 1 spiro atoms. The molecular formula is C17H16FN3O5S. The number of benzene rings is 1. The lowest BCUT2D eigenvalue weighted by atomic mass is 10.2. The molecule has 1 aromatic carbocycles. The van der Waals surface area contributed by atoms with Crippen molar-refractivity contribution in [3.63, 3.8) is 0 Å². The third kappa shape index (κ3) is 2.71. The number of carbonyl (C=O) groups excluding carboxylic acids is 1. The maximum absolute atomic E-state index is 12.9. The Labute approximate surface area is 153 Å². The highest BCUT2D eigenvalue weighted by Crippen LogP contribution is 2.53. The number of sulfone groups is 1. The van der Waals surface area contributed by atoms with Crippen molar-refractivity contribution in [2.75, 3.05) is 5.75 Å². The number of fused-ring (bicyclic) bond motifs is 2. The van der Waals surface area contributed by atoms with Gasteiger partial charge in [0.1, 0.15) is 16.4 Å². The highest BCUT2D eigenvalue weighted by Gasteiger charge is 2.60. The van der Waals surface area contributed by atoms with E-state index in [1.807, 2.05) is 0 Å². The number of halogens is 1. The molecule has 142 valence electrons. The molecule has 8 nitrogen and oxygen atoms in total. The topological polar surface area (TPSA) is 118 Å². The van der Waals surface area contributed by atoms with E-state index < -0.39 is 43.3 Å². The molecule has 0 saturated heterocycles. The van der Waals surface area contributed by atoms with Crippen LogP contribution in [0.15, 0.2) is 29.1 Å². The van der Waals surface area contributed by atoms with E-state index in [2.05, 4.69) is 10.3 Å². The number of hydrogen-bond acceptors (Lipinski definition) is 6.